The smallest absolute Gasteiger partial charge is 0.153 e. The Morgan fingerprint density at radius 2 is 2.31 bits per heavy atom. The second kappa shape index (κ2) is 4.22. The van der Waals surface area contributed by atoms with Crippen molar-refractivity contribution in [3.05, 3.63) is 28.6 Å². The van der Waals surface area contributed by atoms with Gasteiger partial charge in [-0.2, -0.15) is 0 Å². The number of hydrogen-bond acceptors (Lipinski definition) is 3. The first-order valence-corrected chi connectivity index (χ1v) is 5.12. The molecule has 1 aliphatic rings. The van der Waals surface area contributed by atoms with Crippen LogP contribution < -0.4 is 4.74 Å². The molecule has 0 bridgehead atoms. The van der Waals surface area contributed by atoms with E-state index in [4.69, 9.17) is 9.47 Å². The largest absolute Gasteiger partial charge is 0.490 e. The molecule has 1 heterocycles. The molecule has 1 aromatic rings. The van der Waals surface area contributed by atoms with Gasteiger partial charge < -0.3 is 9.47 Å². The number of ether oxygens (including phenoxy) is 2. The van der Waals surface area contributed by atoms with Crippen molar-refractivity contribution >= 4 is 6.29 Å². The first-order valence-electron chi connectivity index (χ1n) is 5.12. The van der Waals surface area contributed by atoms with Gasteiger partial charge >= 0.3 is 0 Å². The number of benzene rings is 1. The molecule has 1 saturated heterocycles. The summed E-state index contributed by atoms with van der Waals surface area (Å²) < 4.78 is 24.0. The molecule has 0 saturated carbocycles. The van der Waals surface area contributed by atoms with Crippen molar-refractivity contribution in [2.45, 2.75) is 20.0 Å². The zero-order valence-corrected chi connectivity index (χ0v) is 9.25. The third kappa shape index (κ3) is 2.07. The van der Waals surface area contributed by atoms with E-state index < -0.39 is 5.82 Å². The summed E-state index contributed by atoms with van der Waals surface area (Å²) in [5, 5.41) is 0. The van der Waals surface area contributed by atoms with Gasteiger partial charge in [-0.25, -0.2) is 4.39 Å². The van der Waals surface area contributed by atoms with Crippen molar-refractivity contribution in [1.82, 2.24) is 0 Å². The molecule has 2 rings (SSSR count). The van der Waals surface area contributed by atoms with Gasteiger partial charge in [-0.05, 0) is 25.5 Å². The van der Waals surface area contributed by atoms with Crippen LogP contribution in [0.1, 0.15) is 21.5 Å². The van der Waals surface area contributed by atoms with Crippen LogP contribution in [0.2, 0.25) is 0 Å². The number of hydrogen-bond donors (Lipinski definition) is 0. The first-order chi connectivity index (χ1) is 7.63. The summed E-state index contributed by atoms with van der Waals surface area (Å²) in [6.45, 7) is 4.60. The molecule has 1 aliphatic heterocycles. The van der Waals surface area contributed by atoms with E-state index in [0.717, 1.165) is 0 Å². The van der Waals surface area contributed by atoms with E-state index in [1.807, 2.05) is 0 Å². The Morgan fingerprint density at radius 3 is 2.88 bits per heavy atom. The first kappa shape index (κ1) is 11.1. The average Bonchev–Trinajstić information content (AvgIpc) is 3.01. The van der Waals surface area contributed by atoms with Crippen LogP contribution in [-0.2, 0) is 4.74 Å². The second-order valence-corrected chi connectivity index (χ2v) is 3.93. The SMILES string of the molecule is Cc1cc(F)c(C=O)c(C)c1OCC1CO1. The standard InChI is InChI=1S/C12H13FO3/c1-7-3-11(13)10(4-14)8(2)12(7)16-6-9-5-15-9/h3-4,9H,5-6H2,1-2H3. The van der Waals surface area contributed by atoms with Gasteiger partial charge in [0, 0.05) is 5.56 Å². The Bertz CT molecular complexity index is 425. The predicted molar refractivity (Wildman–Crippen MR) is 56.5 cm³/mol. The number of rotatable bonds is 4. The third-order valence-electron chi connectivity index (χ3n) is 2.64. The number of carbonyl (C=O) groups excluding carboxylic acids is 1. The van der Waals surface area contributed by atoms with Crippen LogP contribution in [0.25, 0.3) is 0 Å². The lowest BCUT2D eigenvalue weighted by Crippen LogP contribution is -2.08. The lowest BCUT2D eigenvalue weighted by atomic mass is 10.0. The topological polar surface area (TPSA) is 38.8 Å². The highest BCUT2D eigenvalue weighted by Crippen LogP contribution is 2.28. The maximum Gasteiger partial charge on any atom is 0.153 e. The van der Waals surface area contributed by atoms with Crippen LogP contribution in [0.5, 0.6) is 5.75 Å². The Morgan fingerprint density at radius 1 is 1.62 bits per heavy atom. The van der Waals surface area contributed by atoms with Gasteiger partial charge in [0.05, 0.1) is 12.2 Å². The molecule has 1 aromatic carbocycles. The van der Waals surface area contributed by atoms with Crippen LogP contribution in [0.15, 0.2) is 6.07 Å². The van der Waals surface area contributed by atoms with Crippen molar-refractivity contribution in [3.63, 3.8) is 0 Å². The minimum absolute atomic E-state index is 0.0670. The fourth-order valence-electron chi connectivity index (χ4n) is 1.64. The molecule has 0 amide bonds. The molecule has 0 aromatic heterocycles. The number of aryl methyl sites for hydroxylation is 1. The summed E-state index contributed by atoms with van der Waals surface area (Å²) in [4.78, 5) is 10.7. The van der Waals surface area contributed by atoms with Crippen molar-refractivity contribution in [2.75, 3.05) is 13.2 Å². The second-order valence-electron chi connectivity index (χ2n) is 3.93. The maximum absolute atomic E-state index is 13.4. The molecule has 0 spiro atoms. The van der Waals surface area contributed by atoms with Crippen LogP contribution >= 0.6 is 0 Å². The molecule has 86 valence electrons. The van der Waals surface area contributed by atoms with E-state index in [2.05, 4.69) is 0 Å². The molecular weight excluding hydrogens is 211 g/mol. The molecule has 1 fully saturated rings. The Balaban J connectivity index is 2.30. The summed E-state index contributed by atoms with van der Waals surface area (Å²) >= 11 is 0. The Kier molecular flexibility index (Phi) is 2.92. The van der Waals surface area contributed by atoms with Gasteiger partial charge in [0.1, 0.15) is 24.3 Å². The van der Waals surface area contributed by atoms with Gasteiger partial charge in [-0.3, -0.25) is 4.79 Å². The van der Waals surface area contributed by atoms with Gasteiger partial charge in [0.2, 0.25) is 0 Å². The number of halogens is 1. The molecule has 16 heavy (non-hydrogen) atoms. The van der Waals surface area contributed by atoms with Gasteiger partial charge in [-0.1, -0.05) is 0 Å². The molecule has 0 N–H and O–H groups in total. The van der Waals surface area contributed by atoms with Gasteiger partial charge in [-0.15, -0.1) is 0 Å². The van der Waals surface area contributed by atoms with Crippen molar-refractivity contribution < 1.29 is 18.7 Å². The number of epoxide rings is 1. The quantitative estimate of drug-likeness (QED) is 0.580. The molecule has 0 aliphatic carbocycles. The monoisotopic (exact) mass is 224 g/mol. The fraction of sp³-hybridized carbons (Fsp3) is 0.417. The van der Waals surface area contributed by atoms with E-state index in [1.54, 1.807) is 13.8 Å². The fourth-order valence-corrected chi connectivity index (χ4v) is 1.64. The highest BCUT2D eigenvalue weighted by atomic mass is 19.1. The van der Waals surface area contributed by atoms with Crippen LogP contribution in [0.3, 0.4) is 0 Å². The summed E-state index contributed by atoms with van der Waals surface area (Å²) in [6.07, 6.45) is 0.661. The number of aldehydes is 1. The van der Waals surface area contributed by atoms with E-state index in [-0.39, 0.29) is 11.7 Å². The third-order valence-corrected chi connectivity index (χ3v) is 2.64. The van der Waals surface area contributed by atoms with Crippen LogP contribution in [0.4, 0.5) is 4.39 Å². The van der Waals surface area contributed by atoms with Crippen LogP contribution in [0, 0.1) is 19.7 Å². The lowest BCUT2D eigenvalue weighted by molar-refractivity contribution is 0.111. The molecule has 3 nitrogen and oxygen atoms in total. The van der Waals surface area contributed by atoms with Crippen molar-refractivity contribution in [2.24, 2.45) is 0 Å². The number of carbonyl (C=O) groups is 1. The van der Waals surface area contributed by atoms with Crippen LogP contribution in [-0.4, -0.2) is 25.6 Å². The zero-order valence-electron chi connectivity index (χ0n) is 9.25. The van der Waals surface area contributed by atoms with E-state index >= 15 is 0 Å². The Hall–Kier alpha value is -1.42. The molecule has 4 heteroatoms. The minimum atomic E-state index is -0.500. The molecule has 0 radical (unpaired) electrons. The average molecular weight is 224 g/mol. The van der Waals surface area contributed by atoms with Gasteiger partial charge in [0.15, 0.2) is 6.29 Å². The summed E-state index contributed by atoms with van der Waals surface area (Å²) in [5.74, 6) is 0.0824. The Labute approximate surface area is 93.2 Å². The van der Waals surface area contributed by atoms with Crippen molar-refractivity contribution in [3.8, 4) is 5.75 Å². The summed E-state index contributed by atoms with van der Waals surface area (Å²) in [6, 6.07) is 1.32. The molecule has 1 unspecified atom stereocenters. The zero-order chi connectivity index (χ0) is 11.7. The molecular formula is C12H13FO3. The van der Waals surface area contributed by atoms with Gasteiger partial charge in [0.25, 0.3) is 0 Å². The summed E-state index contributed by atoms with van der Waals surface area (Å²) in [7, 11) is 0. The summed E-state index contributed by atoms with van der Waals surface area (Å²) in [5.41, 5.74) is 1.31. The van der Waals surface area contributed by atoms with E-state index in [1.165, 1.54) is 6.07 Å². The minimum Gasteiger partial charge on any atom is -0.490 e. The lowest BCUT2D eigenvalue weighted by Gasteiger charge is -2.13. The molecule has 1 atom stereocenters. The normalized spacial score (nSPS) is 18.3. The predicted octanol–water partition coefficient (Wildman–Crippen LogP) is 2.03. The van der Waals surface area contributed by atoms with Crippen molar-refractivity contribution in [1.29, 1.82) is 0 Å². The highest BCUT2D eigenvalue weighted by Gasteiger charge is 2.24. The van der Waals surface area contributed by atoms with E-state index in [9.17, 15) is 9.18 Å². The highest BCUT2D eigenvalue weighted by molar-refractivity contribution is 5.79. The van der Waals surface area contributed by atoms with E-state index in [0.29, 0.717) is 36.4 Å². The maximum atomic E-state index is 13.4.